The topological polar surface area (TPSA) is 65.1 Å². The molecule has 1 aromatic carbocycles. The van der Waals surface area contributed by atoms with Crippen LogP contribution < -0.4 is 9.47 Å². The van der Waals surface area contributed by atoms with Crippen LogP contribution in [0.15, 0.2) is 24.3 Å². The van der Waals surface area contributed by atoms with Crippen molar-refractivity contribution in [2.24, 2.45) is 5.92 Å². The number of nitrogens with zero attached hydrogens (tertiary/aromatic N) is 1. The van der Waals surface area contributed by atoms with Crippen LogP contribution in [-0.4, -0.2) is 48.7 Å². The largest absolute Gasteiger partial charge is 0.481 e. The molecular weight excluding hydrogens is 351 g/mol. The van der Waals surface area contributed by atoms with Crippen LogP contribution in [-0.2, 0) is 26.2 Å². The Labute approximate surface area is 158 Å². The number of hydrogen-bond acceptors (Lipinski definition) is 6. The van der Waals surface area contributed by atoms with Gasteiger partial charge in [0.15, 0.2) is 17.6 Å². The second-order valence-electron chi connectivity index (χ2n) is 8.09. The minimum atomic E-state index is -0.439. The van der Waals surface area contributed by atoms with Crippen molar-refractivity contribution in [1.82, 2.24) is 4.90 Å². The van der Waals surface area contributed by atoms with E-state index in [2.05, 4.69) is 24.1 Å². The summed E-state index contributed by atoms with van der Waals surface area (Å²) < 4.78 is 17.5. The molecule has 4 aliphatic rings. The van der Waals surface area contributed by atoms with Gasteiger partial charge in [0.25, 0.3) is 0 Å². The monoisotopic (exact) mass is 374 g/mol. The van der Waals surface area contributed by atoms with Crippen molar-refractivity contribution in [1.29, 1.82) is 0 Å². The highest BCUT2D eigenvalue weighted by Gasteiger charge is 2.65. The zero-order chi connectivity index (χ0) is 18.9. The van der Waals surface area contributed by atoms with Gasteiger partial charge in [-0.25, -0.2) is 0 Å². The zero-order valence-electron chi connectivity index (χ0n) is 15.7. The molecule has 5 rings (SSSR count). The number of piperidine rings is 1. The average Bonchev–Trinajstić information content (AvgIpc) is 2.95. The Hall–Kier alpha value is -2.34. The number of likely N-dealkylation sites (tertiary alicyclic amines) is 1. The zero-order valence-corrected chi connectivity index (χ0v) is 15.7. The van der Waals surface area contributed by atoms with E-state index in [1.807, 2.05) is 12.1 Å². The first-order valence-electron chi connectivity index (χ1n) is 9.49. The smallest absolute Gasteiger partial charge is 0.308 e. The Morgan fingerprint density at radius 2 is 2.04 bits per heavy atom. The van der Waals surface area contributed by atoms with Crippen molar-refractivity contribution in [2.75, 3.05) is 13.6 Å². The Morgan fingerprint density at radius 1 is 1.22 bits per heavy atom. The fourth-order valence-electron chi connectivity index (χ4n) is 5.74. The summed E-state index contributed by atoms with van der Waals surface area (Å²) in [7, 11) is 2.17. The minimum absolute atomic E-state index is 0.245. The van der Waals surface area contributed by atoms with E-state index in [4.69, 9.17) is 14.2 Å². The highest BCUT2D eigenvalue weighted by molar-refractivity contribution is 5.73. The summed E-state index contributed by atoms with van der Waals surface area (Å²) in [5.41, 5.74) is 2.15. The highest BCUT2D eigenvalue weighted by atomic mass is 16.7. The molecule has 0 N–H and O–H groups in total. The Bertz CT molecular complexity index is 878. The molecule has 0 saturated carbocycles. The van der Waals surface area contributed by atoms with E-state index >= 15 is 0 Å². The first-order chi connectivity index (χ1) is 12.9. The van der Waals surface area contributed by atoms with E-state index in [-0.39, 0.29) is 29.4 Å². The van der Waals surface area contributed by atoms with E-state index in [0.717, 1.165) is 24.9 Å². The summed E-state index contributed by atoms with van der Waals surface area (Å²) in [6.45, 7) is 3.77. The van der Waals surface area contributed by atoms with Gasteiger partial charge in [-0.3, -0.25) is 9.59 Å². The van der Waals surface area contributed by atoms with Gasteiger partial charge in [-0.2, -0.15) is 0 Å². The number of ether oxygens (including phenoxy) is 3. The Morgan fingerprint density at radius 3 is 2.78 bits per heavy atom. The lowest BCUT2D eigenvalue weighted by atomic mass is 9.53. The lowest BCUT2D eigenvalue weighted by Gasteiger charge is -2.56. The molecule has 0 amide bonds. The molecule has 2 heterocycles. The summed E-state index contributed by atoms with van der Waals surface area (Å²) in [5.74, 6) is 0.712. The molecule has 2 aliphatic heterocycles. The standard InChI is InChI=1S/C21H23NO5/c1-11(23)25-16-6-4-13-10-15-14-5-7-17(26-12(2)24)20-21(14,8-9-22(15)3)18(13)19(16)27-20/h4-7,14-15,17,20H,8-10H2,1-3H3/t14?,15-,17+,20?,21+/m1/s1/i1+1,2+1,3+1,11+1,12+1. The van der Waals surface area contributed by atoms with Gasteiger partial charge in [0.1, 0.15) is 6.10 Å². The van der Waals surface area contributed by atoms with Crippen LogP contribution in [0.1, 0.15) is 31.4 Å². The molecule has 0 aromatic heterocycles. The van der Waals surface area contributed by atoms with Gasteiger partial charge in [-0.05, 0) is 44.1 Å². The van der Waals surface area contributed by atoms with Crippen LogP contribution in [0.2, 0.25) is 0 Å². The van der Waals surface area contributed by atoms with Crippen molar-refractivity contribution in [3.8, 4) is 11.5 Å². The third kappa shape index (κ3) is 2.16. The fourth-order valence-corrected chi connectivity index (χ4v) is 5.74. The number of esters is 2. The van der Waals surface area contributed by atoms with E-state index in [9.17, 15) is 9.59 Å². The van der Waals surface area contributed by atoms with E-state index in [1.165, 1.54) is 19.4 Å². The number of carbonyl (C=O) groups excluding carboxylic acids is 2. The number of hydrogen-bond donors (Lipinski definition) is 0. The summed E-state index contributed by atoms with van der Waals surface area (Å²) in [4.78, 5) is 25.7. The predicted octanol–water partition coefficient (Wildman–Crippen LogP) is 1.99. The Balaban J connectivity index is 1.71. The molecule has 27 heavy (non-hydrogen) atoms. The van der Waals surface area contributed by atoms with Crippen molar-refractivity contribution in [3.63, 3.8) is 0 Å². The van der Waals surface area contributed by atoms with Gasteiger partial charge in [0.2, 0.25) is 0 Å². The second-order valence-corrected chi connectivity index (χ2v) is 8.09. The number of rotatable bonds is 2. The summed E-state index contributed by atoms with van der Waals surface area (Å²) >= 11 is 0. The maximum atomic E-state index is 11.7. The quantitative estimate of drug-likeness (QED) is 0.341. The van der Waals surface area contributed by atoms with Gasteiger partial charge in [0.05, 0.1) is 0 Å². The van der Waals surface area contributed by atoms with E-state index < -0.39 is 6.10 Å². The molecule has 1 spiro atoms. The minimum Gasteiger partial charge on any atom is -0.481 e. The van der Waals surface area contributed by atoms with Crippen LogP contribution in [0, 0.1) is 5.92 Å². The fraction of sp³-hybridized carbons (Fsp3) is 0.524. The summed E-state index contributed by atoms with van der Waals surface area (Å²) in [6, 6.07) is 4.28. The highest BCUT2D eigenvalue weighted by Crippen LogP contribution is 2.62. The predicted molar refractivity (Wildman–Crippen MR) is 96.8 cm³/mol. The lowest BCUT2D eigenvalue weighted by Crippen LogP contribution is -2.65. The average molecular weight is 374 g/mol. The molecule has 1 aromatic rings. The molecule has 6 heteroatoms. The lowest BCUT2D eigenvalue weighted by molar-refractivity contribution is -0.152. The first-order valence-corrected chi connectivity index (χ1v) is 9.49. The van der Waals surface area contributed by atoms with Crippen LogP contribution in [0.3, 0.4) is 0 Å². The van der Waals surface area contributed by atoms with E-state index in [0.29, 0.717) is 17.5 Å². The summed E-state index contributed by atoms with van der Waals surface area (Å²) in [5, 5.41) is 0. The second kappa shape index (κ2) is 5.58. The van der Waals surface area contributed by atoms with Crippen LogP contribution >= 0.6 is 0 Å². The third-order valence-electron chi connectivity index (χ3n) is 6.67. The van der Waals surface area contributed by atoms with E-state index in [1.54, 1.807) is 0 Å². The van der Waals surface area contributed by atoms with Gasteiger partial charge in [0, 0.05) is 36.8 Å². The molecule has 5 atom stereocenters. The maximum Gasteiger partial charge on any atom is 0.308 e. The molecule has 2 bridgehead atoms. The maximum absolute atomic E-state index is 11.7. The van der Waals surface area contributed by atoms with Crippen molar-refractivity contribution < 1.29 is 23.8 Å². The van der Waals surface area contributed by atoms with Gasteiger partial charge >= 0.3 is 11.9 Å². The van der Waals surface area contributed by atoms with Crippen molar-refractivity contribution in [3.05, 3.63) is 35.4 Å². The Kier molecular flexibility index (Phi) is 3.47. The first kappa shape index (κ1) is 16.8. The summed E-state index contributed by atoms with van der Waals surface area (Å²) in [6.07, 6.45) is 5.31. The van der Waals surface area contributed by atoms with Gasteiger partial charge < -0.3 is 19.1 Å². The molecule has 142 valence electrons. The van der Waals surface area contributed by atoms with Crippen LogP contribution in [0.5, 0.6) is 11.5 Å². The molecule has 1 fully saturated rings. The number of likely N-dealkylation sites (N-methyl/N-ethyl adjacent to an activating group) is 1. The van der Waals surface area contributed by atoms with Crippen LogP contribution in [0.4, 0.5) is 0 Å². The number of benzene rings is 1. The molecule has 2 aliphatic carbocycles. The van der Waals surface area contributed by atoms with Crippen molar-refractivity contribution >= 4 is 11.9 Å². The van der Waals surface area contributed by atoms with Crippen LogP contribution in [0.25, 0.3) is 0 Å². The molecular formula is C21H23NO5. The number of carbonyl (C=O) groups is 2. The normalized spacial score (nSPS) is 35.2. The SMILES string of the molecule is [13CH3][13C](=O)Oc1ccc2c3c1OC1[C@@H](O[13C]([13CH3])=O)C=CC4[C@@H](C2)N([13CH3])CC[C@]314. The van der Waals surface area contributed by atoms with Gasteiger partial charge in [-0.1, -0.05) is 12.1 Å². The molecule has 0 radical (unpaired) electrons. The van der Waals surface area contributed by atoms with Gasteiger partial charge in [-0.15, -0.1) is 0 Å². The third-order valence-corrected chi connectivity index (χ3v) is 6.67. The molecule has 2 unspecified atom stereocenters. The van der Waals surface area contributed by atoms with Crippen molar-refractivity contribution in [2.45, 2.75) is 50.4 Å². The molecule has 6 nitrogen and oxygen atoms in total. The molecule has 1 saturated heterocycles.